The minimum absolute atomic E-state index is 0.0698. The van der Waals surface area contributed by atoms with Crippen molar-refractivity contribution in [1.82, 2.24) is 15.6 Å². The highest BCUT2D eigenvalue weighted by Crippen LogP contribution is 2.16. The van der Waals surface area contributed by atoms with Crippen molar-refractivity contribution in [2.24, 2.45) is 4.99 Å². The molecule has 0 saturated carbocycles. The molecule has 122 valence electrons. The van der Waals surface area contributed by atoms with E-state index in [0.717, 1.165) is 11.1 Å². The van der Waals surface area contributed by atoms with Gasteiger partial charge in [0.1, 0.15) is 11.0 Å². The Bertz CT molecular complexity index is 685. The van der Waals surface area contributed by atoms with Crippen LogP contribution in [0.4, 0.5) is 4.39 Å². The Labute approximate surface area is 140 Å². The first-order chi connectivity index (χ1) is 11.0. The third-order valence-electron chi connectivity index (χ3n) is 3.52. The van der Waals surface area contributed by atoms with Crippen LogP contribution in [0.1, 0.15) is 29.7 Å². The van der Waals surface area contributed by atoms with Crippen molar-refractivity contribution in [1.29, 1.82) is 0 Å². The Morgan fingerprint density at radius 2 is 2.13 bits per heavy atom. The number of rotatable bonds is 4. The molecule has 6 heteroatoms. The Hall–Kier alpha value is -2.14. The van der Waals surface area contributed by atoms with Crippen molar-refractivity contribution < 1.29 is 4.39 Å². The molecular weight excluding hydrogens is 315 g/mol. The first-order valence-corrected chi connectivity index (χ1v) is 7.71. The Morgan fingerprint density at radius 1 is 1.35 bits per heavy atom. The van der Waals surface area contributed by atoms with Gasteiger partial charge in [-0.1, -0.05) is 29.8 Å². The standard InChI is InChI=1S/C17H20ClFN4/c1-11-4-6-14(8-15(11)19)12(2)23-17(20-3)22-10-13-5-7-16(18)21-9-13/h4-9,12H,10H2,1-3H3,(H2,20,22,23). The number of nitrogens with one attached hydrogen (secondary N) is 2. The van der Waals surface area contributed by atoms with Crippen molar-refractivity contribution >= 4 is 17.6 Å². The van der Waals surface area contributed by atoms with E-state index in [1.807, 2.05) is 19.1 Å². The molecule has 0 radical (unpaired) electrons. The predicted octanol–water partition coefficient (Wildman–Crippen LogP) is 3.61. The monoisotopic (exact) mass is 334 g/mol. The number of hydrogen-bond acceptors (Lipinski definition) is 2. The number of halogens is 2. The number of guanidine groups is 1. The van der Waals surface area contributed by atoms with E-state index in [1.54, 1.807) is 38.4 Å². The molecule has 4 nitrogen and oxygen atoms in total. The summed E-state index contributed by atoms with van der Waals surface area (Å²) in [7, 11) is 1.69. The largest absolute Gasteiger partial charge is 0.352 e. The van der Waals surface area contributed by atoms with E-state index in [1.165, 1.54) is 0 Å². The zero-order valence-corrected chi connectivity index (χ0v) is 14.2. The van der Waals surface area contributed by atoms with Crippen LogP contribution in [0.15, 0.2) is 41.5 Å². The molecular formula is C17H20ClFN4. The van der Waals surface area contributed by atoms with Crippen LogP contribution in [0, 0.1) is 12.7 Å². The van der Waals surface area contributed by atoms with Gasteiger partial charge in [-0.15, -0.1) is 0 Å². The fourth-order valence-corrected chi connectivity index (χ4v) is 2.17. The third kappa shape index (κ3) is 4.93. The zero-order valence-electron chi connectivity index (χ0n) is 13.4. The molecule has 1 unspecified atom stereocenters. The van der Waals surface area contributed by atoms with Gasteiger partial charge in [-0.25, -0.2) is 9.37 Å². The zero-order chi connectivity index (χ0) is 16.8. The van der Waals surface area contributed by atoms with Crippen molar-refractivity contribution in [2.45, 2.75) is 26.4 Å². The topological polar surface area (TPSA) is 49.3 Å². The summed E-state index contributed by atoms with van der Waals surface area (Å²) in [5.74, 6) is 0.430. The molecule has 2 N–H and O–H groups in total. The molecule has 0 fully saturated rings. The number of aliphatic imine (C=N–C) groups is 1. The van der Waals surface area contributed by atoms with Crippen molar-refractivity contribution in [3.05, 3.63) is 64.2 Å². The fourth-order valence-electron chi connectivity index (χ4n) is 2.06. The smallest absolute Gasteiger partial charge is 0.191 e. The summed E-state index contributed by atoms with van der Waals surface area (Å²) >= 11 is 5.76. The maximum absolute atomic E-state index is 13.7. The number of benzene rings is 1. The summed E-state index contributed by atoms with van der Waals surface area (Å²) in [6.45, 7) is 4.28. The maximum Gasteiger partial charge on any atom is 0.191 e. The highest BCUT2D eigenvalue weighted by molar-refractivity contribution is 6.29. The lowest BCUT2D eigenvalue weighted by Crippen LogP contribution is -2.38. The van der Waals surface area contributed by atoms with E-state index in [9.17, 15) is 4.39 Å². The summed E-state index contributed by atoms with van der Waals surface area (Å²) in [5, 5.41) is 6.90. The molecule has 0 amide bonds. The molecule has 2 aromatic rings. The summed E-state index contributed by atoms with van der Waals surface area (Å²) in [4.78, 5) is 8.21. The molecule has 0 saturated heterocycles. The van der Waals surface area contributed by atoms with Gasteiger partial charge in [0.2, 0.25) is 0 Å². The van der Waals surface area contributed by atoms with Gasteiger partial charge < -0.3 is 10.6 Å². The molecule has 0 spiro atoms. The van der Waals surface area contributed by atoms with Gasteiger partial charge in [-0.2, -0.15) is 0 Å². The molecule has 1 aromatic carbocycles. The van der Waals surface area contributed by atoms with Crippen LogP contribution in [0.25, 0.3) is 0 Å². The van der Waals surface area contributed by atoms with Crippen LogP contribution in [-0.2, 0) is 6.54 Å². The third-order valence-corrected chi connectivity index (χ3v) is 3.74. The Morgan fingerprint density at radius 3 is 2.74 bits per heavy atom. The summed E-state index contributed by atoms with van der Waals surface area (Å²) in [6.07, 6.45) is 1.71. The lowest BCUT2D eigenvalue weighted by Gasteiger charge is -2.18. The minimum atomic E-state index is -0.202. The summed E-state index contributed by atoms with van der Waals surface area (Å²) in [6, 6.07) is 8.80. The van der Waals surface area contributed by atoms with E-state index in [0.29, 0.717) is 23.2 Å². The molecule has 0 aliphatic carbocycles. The quantitative estimate of drug-likeness (QED) is 0.510. The van der Waals surface area contributed by atoms with E-state index >= 15 is 0 Å². The van der Waals surface area contributed by atoms with Gasteiger partial charge in [-0.3, -0.25) is 4.99 Å². The lowest BCUT2D eigenvalue weighted by molar-refractivity contribution is 0.607. The first kappa shape index (κ1) is 17.2. The van der Waals surface area contributed by atoms with Crippen molar-refractivity contribution in [3.8, 4) is 0 Å². The number of nitrogens with zero attached hydrogens (tertiary/aromatic N) is 2. The molecule has 0 aliphatic rings. The SMILES string of the molecule is CN=C(NCc1ccc(Cl)nc1)NC(C)c1ccc(C)c(F)c1. The van der Waals surface area contributed by atoms with Gasteiger partial charge in [0.25, 0.3) is 0 Å². The fraction of sp³-hybridized carbons (Fsp3) is 0.294. The molecule has 1 aromatic heterocycles. The number of hydrogen-bond donors (Lipinski definition) is 2. The average Bonchev–Trinajstić information content (AvgIpc) is 2.55. The van der Waals surface area contributed by atoms with Crippen LogP contribution >= 0.6 is 11.6 Å². The lowest BCUT2D eigenvalue weighted by atomic mass is 10.1. The Kier molecular flexibility index (Phi) is 5.93. The second-order valence-electron chi connectivity index (χ2n) is 5.29. The number of pyridine rings is 1. The van der Waals surface area contributed by atoms with Gasteiger partial charge in [-0.05, 0) is 42.7 Å². The second kappa shape index (κ2) is 7.92. The molecule has 23 heavy (non-hydrogen) atoms. The molecule has 0 aliphatic heterocycles. The summed E-state index contributed by atoms with van der Waals surface area (Å²) in [5.41, 5.74) is 2.49. The normalized spacial score (nSPS) is 12.8. The second-order valence-corrected chi connectivity index (χ2v) is 5.68. The van der Waals surface area contributed by atoms with E-state index in [2.05, 4.69) is 20.6 Å². The van der Waals surface area contributed by atoms with Gasteiger partial charge in [0.15, 0.2) is 5.96 Å². The molecule has 1 atom stereocenters. The van der Waals surface area contributed by atoms with Gasteiger partial charge in [0, 0.05) is 19.8 Å². The van der Waals surface area contributed by atoms with Crippen LogP contribution in [0.5, 0.6) is 0 Å². The predicted molar refractivity (Wildman–Crippen MR) is 92.1 cm³/mol. The van der Waals surface area contributed by atoms with Crippen LogP contribution in [0.3, 0.4) is 0 Å². The minimum Gasteiger partial charge on any atom is -0.352 e. The van der Waals surface area contributed by atoms with Crippen LogP contribution < -0.4 is 10.6 Å². The molecule has 1 heterocycles. The molecule has 2 rings (SSSR count). The first-order valence-electron chi connectivity index (χ1n) is 7.33. The van der Waals surface area contributed by atoms with Crippen LogP contribution in [0.2, 0.25) is 5.15 Å². The van der Waals surface area contributed by atoms with Crippen molar-refractivity contribution in [2.75, 3.05) is 7.05 Å². The van der Waals surface area contributed by atoms with Crippen molar-refractivity contribution in [3.63, 3.8) is 0 Å². The van der Waals surface area contributed by atoms with Crippen LogP contribution in [-0.4, -0.2) is 18.0 Å². The van der Waals surface area contributed by atoms with E-state index in [4.69, 9.17) is 11.6 Å². The van der Waals surface area contributed by atoms with Gasteiger partial charge >= 0.3 is 0 Å². The number of aromatic nitrogens is 1. The Balaban J connectivity index is 1.95. The summed E-state index contributed by atoms with van der Waals surface area (Å²) < 4.78 is 13.7. The molecule has 0 bridgehead atoms. The van der Waals surface area contributed by atoms with Gasteiger partial charge in [0.05, 0.1) is 6.04 Å². The highest BCUT2D eigenvalue weighted by Gasteiger charge is 2.09. The number of aryl methyl sites for hydroxylation is 1. The van der Waals surface area contributed by atoms with E-state index < -0.39 is 0 Å². The average molecular weight is 335 g/mol. The van der Waals surface area contributed by atoms with E-state index in [-0.39, 0.29) is 11.9 Å². The highest BCUT2D eigenvalue weighted by atomic mass is 35.5. The maximum atomic E-state index is 13.7.